The molecule has 156 valence electrons. The van der Waals surface area contributed by atoms with Crippen molar-refractivity contribution >= 4 is 22.8 Å². The van der Waals surface area contributed by atoms with Gasteiger partial charge in [0.25, 0.3) is 5.91 Å². The number of aliphatic hydroxyl groups excluding tert-OH is 1. The lowest BCUT2D eigenvalue weighted by Crippen LogP contribution is -2.37. The Hall–Kier alpha value is -3.17. The fourth-order valence-electron chi connectivity index (χ4n) is 4.03. The number of carbonyl (C=O) groups excluding carboxylic acids is 1. The minimum absolute atomic E-state index is 0.0773. The minimum atomic E-state index is -0.651. The van der Waals surface area contributed by atoms with Crippen molar-refractivity contribution in [2.45, 2.75) is 18.9 Å². The molecule has 0 spiro atoms. The lowest BCUT2D eigenvalue weighted by molar-refractivity contribution is 0.0446. The Labute approximate surface area is 173 Å². The van der Waals surface area contributed by atoms with Gasteiger partial charge in [0.2, 0.25) is 0 Å². The maximum atomic E-state index is 13.1. The van der Waals surface area contributed by atoms with Crippen LogP contribution in [0.2, 0.25) is 0 Å². The summed E-state index contributed by atoms with van der Waals surface area (Å²) in [6.45, 7) is 4.50. The summed E-state index contributed by atoms with van der Waals surface area (Å²) in [5, 5.41) is 17.0. The average molecular weight is 409 g/mol. The molecule has 5 rings (SSSR count). The number of hydrogen-bond donors (Lipinski definition) is 2. The highest BCUT2D eigenvalue weighted by Crippen LogP contribution is 2.42. The highest BCUT2D eigenvalue weighted by molar-refractivity contribution is 6.05. The van der Waals surface area contributed by atoms with E-state index in [0.29, 0.717) is 31.0 Å². The van der Waals surface area contributed by atoms with E-state index >= 15 is 0 Å². The van der Waals surface area contributed by atoms with Gasteiger partial charge in [-0.25, -0.2) is 9.50 Å². The molecule has 1 atom stereocenters. The van der Waals surface area contributed by atoms with E-state index < -0.39 is 5.60 Å². The lowest BCUT2D eigenvalue weighted by atomic mass is 9.99. The minimum Gasteiger partial charge on any atom is -0.484 e. The first-order valence-corrected chi connectivity index (χ1v) is 9.95. The van der Waals surface area contributed by atoms with Gasteiger partial charge in [0.1, 0.15) is 23.4 Å². The van der Waals surface area contributed by atoms with E-state index in [1.54, 1.807) is 22.8 Å². The van der Waals surface area contributed by atoms with Crippen LogP contribution < -0.4 is 15.0 Å². The monoisotopic (exact) mass is 409 g/mol. The number of carbonyl (C=O) groups is 1. The molecule has 0 bridgehead atoms. The molecule has 1 saturated heterocycles. The van der Waals surface area contributed by atoms with Gasteiger partial charge in [0.15, 0.2) is 0 Å². The molecule has 0 aliphatic carbocycles. The van der Waals surface area contributed by atoms with Gasteiger partial charge >= 0.3 is 0 Å². The number of nitrogens with zero attached hydrogens (tertiary/aromatic N) is 4. The van der Waals surface area contributed by atoms with Gasteiger partial charge in [-0.2, -0.15) is 5.10 Å². The van der Waals surface area contributed by atoms with E-state index in [1.807, 2.05) is 19.1 Å². The van der Waals surface area contributed by atoms with Crippen LogP contribution in [-0.2, 0) is 11.2 Å². The second-order valence-corrected chi connectivity index (χ2v) is 7.88. The summed E-state index contributed by atoms with van der Waals surface area (Å²) in [6, 6.07) is 7.44. The van der Waals surface area contributed by atoms with E-state index in [2.05, 4.69) is 20.3 Å². The van der Waals surface area contributed by atoms with Crippen LogP contribution in [-0.4, -0.2) is 64.1 Å². The van der Waals surface area contributed by atoms with Crippen LogP contribution in [0.3, 0.4) is 0 Å². The van der Waals surface area contributed by atoms with Crippen molar-refractivity contribution in [2.24, 2.45) is 0 Å². The zero-order valence-corrected chi connectivity index (χ0v) is 16.7. The van der Waals surface area contributed by atoms with Crippen molar-refractivity contribution in [3.63, 3.8) is 0 Å². The van der Waals surface area contributed by atoms with E-state index in [9.17, 15) is 9.90 Å². The molecule has 4 heterocycles. The van der Waals surface area contributed by atoms with Gasteiger partial charge in [-0.15, -0.1) is 0 Å². The van der Waals surface area contributed by atoms with Gasteiger partial charge in [-0.1, -0.05) is 0 Å². The van der Waals surface area contributed by atoms with Gasteiger partial charge in [0, 0.05) is 31.1 Å². The molecule has 9 nitrogen and oxygen atoms in total. The first kappa shape index (κ1) is 18.8. The number of fused-ring (bicyclic) bond motifs is 2. The van der Waals surface area contributed by atoms with Crippen LogP contribution >= 0.6 is 0 Å². The molecule has 2 aliphatic heterocycles. The summed E-state index contributed by atoms with van der Waals surface area (Å²) in [7, 11) is 0. The van der Waals surface area contributed by atoms with Crippen LogP contribution in [0, 0.1) is 0 Å². The summed E-state index contributed by atoms with van der Waals surface area (Å²) in [5.41, 5.74) is 3.07. The van der Waals surface area contributed by atoms with Crippen molar-refractivity contribution in [3.8, 4) is 5.75 Å². The quantitative estimate of drug-likeness (QED) is 0.673. The summed E-state index contributed by atoms with van der Waals surface area (Å²) >= 11 is 0. The van der Waals surface area contributed by atoms with E-state index in [1.165, 1.54) is 6.33 Å². The fraction of sp³-hybridized carbons (Fsp3) is 0.381. The molecule has 0 unspecified atom stereocenters. The number of morpholine rings is 1. The molecule has 30 heavy (non-hydrogen) atoms. The first-order valence-electron chi connectivity index (χ1n) is 9.95. The average Bonchev–Trinajstić information content (AvgIpc) is 3.34. The van der Waals surface area contributed by atoms with Crippen LogP contribution in [0.25, 0.3) is 5.52 Å². The van der Waals surface area contributed by atoms with Gasteiger partial charge in [-0.3, -0.25) is 4.79 Å². The van der Waals surface area contributed by atoms with Crippen LogP contribution in [0.1, 0.15) is 23.0 Å². The molecular weight excluding hydrogens is 386 g/mol. The molecule has 0 saturated carbocycles. The number of nitrogens with one attached hydrogen (secondary N) is 1. The molecule has 3 aromatic rings. The molecular formula is C21H23N5O4. The van der Waals surface area contributed by atoms with Gasteiger partial charge in [-0.05, 0) is 25.1 Å². The highest BCUT2D eigenvalue weighted by Gasteiger charge is 2.35. The second kappa shape index (κ2) is 7.26. The molecule has 1 amide bonds. The Kier molecular flexibility index (Phi) is 4.56. The third kappa shape index (κ3) is 3.25. The normalized spacial score (nSPS) is 20.8. The molecule has 2 aliphatic rings. The third-order valence-corrected chi connectivity index (χ3v) is 5.59. The Morgan fingerprint density at radius 2 is 2.13 bits per heavy atom. The largest absolute Gasteiger partial charge is 0.484 e. The lowest BCUT2D eigenvalue weighted by Gasteiger charge is -2.31. The number of aliphatic hydroxyl groups is 1. The Morgan fingerprint density at radius 3 is 2.93 bits per heavy atom. The van der Waals surface area contributed by atoms with Crippen molar-refractivity contribution < 1.29 is 19.4 Å². The number of ether oxygens (including phenoxy) is 2. The zero-order valence-electron chi connectivity index (χ0n) is 16.7. The standard InChI is InChI=1S/C21H23N5O4/c1-21(12-27)10-14-8-16(18(9-19(14)30-21)25-4-6-29-7-5-25)24-20(28)17-3-2-15-11-22-13-23-26(15)17/h2-3,8-9,11,13,27H,4-7,10,12H2,1H3,(H,24,28)/t21-/m0/s1. The van der Waals surface area contributed by atoms with Crippen LogP contribution in [0.15, 0.2) is 36.8 Å². The number of benzene rings is 1. The zero-order chi connectivity index (χ0) is 20.7. The molecule has 9 heteroatoms. The molecule has 1 fully saturated rings. The Bertz CT molecular complexity index is 1110. The Balaban J connectivity index is 1.51. The SMILES string of the molecule is C[C@@]1(CO)Cc2cc(NC(=O)c3ccc4cncnn34)c(N3CCOCC3)cc2O1. The van der Waals surface area contributed by atoms with Crippen molar-refractivity contribution in [1.29, 1.82) is 0 Å². The maximum absolute atomic E-state index is 13.1. The van der Waals surface area contributed by atoms with Gasteiger partial charge < -0.3 is 24.8 Å². The maximum Gasteiger partial charge on any atom is 0.274 e. The Morgan fingerprint density at radius 1 is 1.30 bits per heavy atom. The number of aromatic nitrogens is 3. The number of amides is 1. The number of hydrogen-bond acceptors (Lipinski definition) is 7. The summed E-state index contributed by atoms with van der Waals surface area (Å²) in [6.07, 6.45) is 3.64. The molecule has 2 N–H and O–H groups in total. The van der Waals surface area contributed by atoms with Gasteiger partial charge in [0.05, 0.1) is 42.9 Å². The van der Waals surface area contributed by atoms with E-state index in [-0.39, 0.29) is 12.5 Å². The van der Waals surface area contributed by atoms with Crippen molar-refractivity contribution in [3.05, 3.63) is 48.0 Å². The van der Waals surface area contributed by atoms with Crippen LogP contribution in [0.4, 0.5) is 11.4 Å². The number of rotatable bonds is 4. The first-order chi connectivity index (χ1) is 14.6. The smallest absolute Gasteiger partial charge is 0.274 e. The number of anilines is 2. The predicted octanol–water partition coefficient (Wildman–Crippen LogP) is 1.50. The topological polar surface area (TPSA) is 101 Å². The summed E-state index contributed by atoms with van der Waals surface area (Å²) in [4.78, 5) is 19.3. The van der Waals surface area contributed by atoms with E-state index in [4.69, 9.17) is 9.47 Å². The molecule has 2 aromatic heterocycles. The fourth-order valence-corrected chi connectivity index (χ4v) is 4.03. The third-order valence-electron chi connectivity index (χ3n) is 5.59. The highest BCUT2D eigenvalue weighted by atomic mass is 16.5. The van der Waals surface area contributed by atoms with Crippen LogP contribution in [0.5, 0.6) is 5.75 Å². The van der Waals surface area contributed by atoms with Crippen molar-refractivity contribution in [2.75, 3.05) is 43.1 Å². The second-order valence-electron chi connectivity index (χ2n) is 7.88. The summed E-state index contributed by atoms with van der Waals surface area (Å²) < 4.78 is 13.1. The van der Waals surface area contributed by atoms with Crippen molar-refractivity contribution in [1.82, 2.24) is 14.6 Å². The molecule has 1 aromatic carbocycles. The van der Waals surface area contributed by atoms with E-state index in [0.717, 1.165) is 35.6 Å². The molecule has 0 radical (unpaired) electrons. The predicted molar refractivity (Wildman–Crippen MR) is 110 cm³/mol. The summed E-state index contributed by atoms with van der Waals surface area (Å²) in [5.74, 6) is 0.485.